The van der Waals surface area contributed by atoms with Gasteiger partial charge in [0.15, 0.2) is 15.6 Å². The fraction of sp³-hybridized carbons (Fsp3) is 0.0455. The second-order valence-electron chi connectivity index (χ2n) is 6.62. The first kappa shape index (κ1) is 16.0. The molecule has 0 radical (unpaired) electrons. The zero-order valence-corrected chi connectivity index (χ0v) is 15.0. The van der Waals surface area contributed by atoms with Crippen LogP contribution in [0.4, 0.5) is 5.69 Å². The van der Waals surface area contributed by atoms with Crippen LogP contribution in [0.2, 0.25) is 0 Å². The van der Waals surface area contributed by atoms with Crippen LogP contribution in [-0.2, 0) is 9.84 Å². The molecule has 1 atom stereocenters. The number of para-hydroxylation sites is 1. The highest BCUT2D eigenvalue weighted by molar-refractivity contribution is 7.92. The van der Waals surface area contributed by atoms with Gasteiger partial charge in [0.05, 0.1) is 16.3 Å². The highest BCUT2D eigenvalue weighted by atomic mass is 32.2. The van der Waals surface area contributed by atoms with Crippen molar-refractivity contribution in [3.8, 4) is 0 Å². The van der Waals surface area contributed by atoms with E-state index in [1.807, 2.05) is 18.2 Å². The van der Waals surface area contributed by atoms with Gasteiger partial charge >= 0.3 is 0 Å². The maximum atomic E-state index is 13.6. The number of benzene rings is 3. The zero-order chi connectivity index (χ0) is 18.6. The quantitative estimate of drug-likeness (QED) is 0.693. The largest absolute Gasteiger partial charge is 0.354 e. The molecule has 0 fully saturated rings. The van der Waals surface area contributed by atoms with Crippen molar-refractivity contribution >= 4 is 27.0 Å². The van der Waals surface area contributed by atoms with Gasteiger partial charge in [0, 0.05) is 16.7 Å². The summed E-state index contributed by atoms with van der Waals surface area (Å²) in [6.45, 7) is 0. The first-order valence-corrected chi connectivity index (χ1v) is 10.2. The Hall–Kier alpha value is -3.18. The molecular formula is C22H15NO3S. The fourth-order valence-corrected chi connectivity index (χ4v) is 5.89. The average Bonchev–Trinajstić information content (AvgIpc) is 2.89. The number of hydrogen-bond donors (Lipinski definition) is 1. The standard InChI is InChI=1S/C22H15NO3S/c24-21-16-11-5-4-10-15(16)20-19(21)22(14-8-2-1-3-9-14)27(25,26)18-13-7-6-12-17(18)23-20/h1-13,22-23H. The first-order valence-electron chi connectivity index (χ1n) is 8.62. The molecule has 1 aliphatic carbocycles. The Morgan fingerprint density at radius 1 is 0.741 bits per heavy atom. The molecule has 27 heavy (non-hydrogen) atoms. The number of hydrogen-bond acceptors (Lipinski definition) is 4. The van der Waals surface area contributed by atoms with Gasteiger partial charge in [-0.1, -0.05) is 66.7 Å². The number of sulfone groups is 1. The smallest absolute Gasteiger partial charge is 0.193 e. The zero-order valence-electron chi connectivity index (χ0n) is 14.2. The van der Waals surface area contributed by atoms with Gasteiger partial charge in [-0.25, -0.2) is 8.42 Å². The van der Waals surface area contributed by atoms with Gasteiger partial charge < -0.3 is 5.32 Å². The number of ketones is 1. The predicted molar refractivity (Wildman–Crippen MR) is 104 cm³/mol. The van der Waals surface area contributed by atoms with Gasteiger partial charge in [-0.2, -0.15) is 0 Å². The minimum atomic E-state index is -3.82. The van der Waals surface area contributed by atoms with E-state index in [0.29, 0.717) is 28.1 Å². The number of nitrogens with one attached hydrogen (secondary N) is 1. The molecule has 0 spiro atoms. The summed E-state index contributed by atoms with van der Waals surface area (Å²) in [6.07, 6.45) is 0. The van der Waals surface area contributed by atoms with E-state index in [4.69, 9.17) is 0 Å². The Kier molecular flexibility index (Phi) is 3.36. The average molecular weight is 373 g/mol. The summed E-state index contributed by atoms with van der Waals surface area (Å²) in [5, 5.41) is 2.19. The van der Waals surface area contributed by atoms with Crippen LogP contribution in [0.25, 0.3) is 5.70 Å². The fourth-order valence-electron chi connectivity index (χ4n) is 3.90. The molecule has 3 aromatic carbocycles. The normalized spacial score (nSPS) is 19.6. The van der Waals surface area contributed by atoms with Crippen molar-refractivity contribution in [1.29, 1.82) is 0 Å². The molecule has 0 bridgehead atoms. The van der Waals surface area contributed by atoms with Crippen LogP contribution in [-0.4, -0.2) is 14.2 Å². The van der Waals surface area contributed by atoms with Crippen LogP contribution in [0.15, 0.2) is 89.3 Å². The summed E-state index contributed by atoms with van der Waals surface area (Å²) in [7, 11) is -3.82. The van der Waals surface area contributed by atoms with Gasteiger partial charge in [0.25, 0.3) is 0 Å². The van der Waals surface area contributed by atoms with Crippen LogP contribution in [0, 0.1) is 0 Å². The molecule has 1 aliphatic heterocycles. The topological polar surface area (TPSA) is 63.2 Å². The Balaban J connectivity index is 1.88. The second-order valence-corrected chi connectivity index (χ2v) is 8.62. The lowest BCUT2D eigenvalue weighted by Gasteiger charge is -2.18. The van der Waals surface area contributed by atoms with Gasteiger partial charge in [-0.15, -0.1) is 0 Å². The molecule has 4 nitrogen and oxygen atoms in total. The molecule has 0 aromatic heterocycles. The number of rotatable bonds is 1. The van der Waals surface area contributed by atoms with Crippen LogP contribution in [0.1, 0.15) is 26.7 Å². The summed E-state index contributed by atoms with van der Waals surface area (Å²) in [4.78, 5) is 13.5. The SMILES string of the molecule is O=C1C2=C(Nc3ccccc3S(=O)(=O)C2c2ccccc2)c2ccccc21. The molecule has 5 heteroatoms. The summed E-state index contributed by atoms with van der Waals surface area (Å²) in [5.74, 6) is -0.238. The number of carbonyl (C=O) groups is 1. The van der Waals surface area contributed by atoms with Crippen molar-refractivity contribution in [3.63, 3.8) is 0 Å². The molecule has 0 saturated heterocycles. The van der Waals surface area contributed by atoms with Gasteiger partial charge in [0.2, 0.25) is 0 Å². The summed E-state index contributed by atoms with van der Waals surface area (Å²) in [6, 6.07) is 23.0. The summed E-state index contributed by atoms with van der Waals surface area (Å²) < 4.78 is 27.3. The minimum Gasteiger partial charge on any atom is -0.354 e. The van der Waals surface area contributed by atoms with E-state index in [-0.39, 0.29) is 10.7 Å². The van der Waals surface area contributed by atoms with Crippen molar-refractivity contribution in [2.75, 3.05) is 5.32 Å². The van der Waals surface area contributed by atoms with Crippen molar-refractivity contribution in [1.82, 2.24) is 0 Å². The van der Waals surface area contributed by atoms with Crippen LogP contribution < -0.4 is 5.32 Å². The molecule has 1 heterocycles. The van der Waals surface area contributed by atoms with Crippen LogP contribution in [0.3, 0.4) is 0 Å². The number of Topliss-reactive ketones (excluding diaryl/α,β-unsaturated/α-hetero) is 1. The molecule has 1 N–H and O–H groups in total. The molecule has 3 aromatic rings. The second kappa shape index (κ2) is 5.66. The number of anilines is 1. The maximum absolute atomic E-state index is 13.6. The minimum absolute atomic E-state index is 0.207. The Bertz CT molecular complexity index is 1230. The van der Waals surface area contributed by atoms with Crippen molar-refractivity contribution in [2.45, 2.75) is 10.1 Å². The molecule has 0 saturated carbocycles. The molecule has 5 rings (SSSR count). The number of carbonyl (C=O) groups excluding carboxylic acids is 1. The van der Waals surface area contributed by atoms with E-state index < -0.39 is 15.1 Å². The van der Waals surface area contributed by atoms with Crippen molar-refractivity contribution in [3.05, 3.63) is 101 Å². The van der Waals surface area contributed by atoms with Crippen LogP contribution in [0.5, 0.6) is 0 Å². The van der Waals surface area contributed by atoms with E-state index in [9.17, 15) is 13.2 Å². The van der Waals surface area contributed by atoms with E-state index in [2.05, 4.69) is 5.32 Å². The number of fused-ring (bicyclic) bond motifs is 3. The van der Waals surface area contributed by atoms with E-state index in [0.717, 1.165) is 5.56 Å². The molecule has 2 aliphatic rings. The molecular weight excluding hydrogens is 358 g/mol. The Labute approximate surface area is 157 Å². The van der Waals surface area contributed by atoms with E-state index >= 15 is 0 Å². The molecule has 0 amide bonds. The maximum Gasteiger partial charge on any atom is 0.193 e. The summed E-state index contributed by atoms with van der Waals surface area (Å²) >= 11 is 0. The highest BCUT2D eigenvalue weighted by Crippen LogP contribution is 2.48. The lowest BCUT2D eigenvalue weighted by atomic mass is 10.0. The highest BCUT2D eigenvalue weighted by Gasteiger charge is 2.45. The first-order chi connectivity index (χ1) is 13.1. The third kappa shape index (κ3) is 2.22. The van der Waals surface area contributed by atoms with Gasteiger partial charge in [0.1, 0.15) is 5.25 Å². The third-order valence-corrected chi connectivity index (χ3v) is 7.18. The van der Waals surface area contributed by atoms with Crippen molar-refractivity contribution < 1.29 is 13.2 Å². The molecule has 1 unspecified atom stereocenters. The van der Waals surface area contributed by atoms with Crippen molar-refractivity contribution in [2.24, 2.45) is 0 Å². The summed E-state index contributed by atoms with van der Waals surface area (Å²) in [5.41, 5.74) is 3.23. The van der Waals surface area contributed by atoms with Gasteiger partial charge in [-0.3, -0.25) is 4.79 Å². The Morgan fingerprint density at radius 3 is 2.15 bits per heavy atom. The third-order valence-electron chi connectivity index (χ3n) is 5.08. The van der Waals surface area contributed by atoms with Gasteiger partial charge in [-0.05, 0) is 17.7 Å². The lowest BCUT2D eigenvalue weighted by Crippen LogP contribution is -2.19. The Morgan fingerprint density at radius 2 is 1.37 bits per heavy atom. The monoisotopic (exact) mass is 373 g/mol. The molecule has 132 valence electrons. The van der Waals surface area contributed by atoms with E-state index in [1.54, 1.807) is 60.7 Å². The van der Waals surface area contributed by atoms with E-state index in [1.165, 1.54) is 0 Å². The lowest BCUT2D eigenvalue weighted by molar-refractivity contribution is 0.103. The predicted octanol–water partition coefficient (Wildman–Crippen LogP) is 4.23. The van der Waals surface area contributed by atoms with Crippen LogP contribution >= 0.6 is 0 Å².